The molecule has 2 amide bonds. The normalized spacial score (nSPS) is 18.1. The second-order valence-electron chi connectivity index (χ2n) is 8.80. The predicted molar refractivity (Wildman–Crippen MR) is 126 cm³/mol. The molecule has 0 bridgehead atoms. The summed E-state index contributed by atoms with van der Waals surface area (Å²) in [6.07, 6.45) is 4.31. The van der Waals surface area contributed by atoms with Crippen molar-refractivity contribution in [3.05, 3.63) is 59.4 Å². The fourth-order valence-corrected chi connectivity index (χ4v) is 4.71. The Balaban J connectivity index is 1.61. The van der Waals surface area contributed by atoms with E-state index in [0.29, 0.717) is 23.6 Å². The Labute approximate surface area is 199 Å². The summed E-state index contributed by atoms with van der Waals surface area (Å²) in [5, 5.41) is 6.06. The number of halogens is 1. The Hall–Kier alpha value is -3.42. The first-order valence-electron chi connectivity index (χ1n) is 11.5. The molecule has 7 nitrogen and oxygen atoms in total. The van der Waals surface area contributed by atoms with Crippen LogP contribution < -0.4 is 9.47 Å². The lowest BCUT2D eigenvalue weighted by molar-refractivity contribution is -0.142. The average molecular weight is 468 g/mol. The number of rotatable bonds is 7. The second-order valence-corrected chi connectivity index (χ2v) is 8.80. The lowest BCUT2D eigenvalue weighted by Crippen LogP contribution is -2.41. The van der Waals surface area contributed by atoms with Crippen LogP contribution in [0.3, 0.4) is 0 Å². The molecule has 0 spiro atoms. The number of methoxy groups -OCH3 is 2. The number of hydrazone groups is 1. The number of likely N-dealkylation sites (N-methyl/N-ethyl adjacent to an activating group) is 1. The van der Waals surface area contributed by atoms with E-state index in [1.54, 1.807) is 39.5 Å². The third-order valence-electron chi connectivity index (χ3n) is 6.59. The molecule has 1 aliphatic carbocycles. The molecule has 1 fully saturated rings. The van der Waals surface area contributed by atoms with Gasteiger partial charge in [-0.15, -0.1) is 0 Å². The second kappa shape index (κ2) is 10.2. The van der Waals surface area contributed by atoms with Gasteiger partial charge >= 0.3 is 0 Å². The van der Waals surface area contributed by atoms with Crippen molar-refractivity contribution in [2.45, 2.75) is 38.1 Å². The van der Waals surface area contributed by atoms with Gasteiger partial charge in [0.05, 0.1) is 26.0 Å². The van der Waals surface area contributed by atoms with Crippen molar-refractivity contribution >= 4 is 17.5 Å². The number of hydrogen-bond donors (Lipinski definition) is 0. The van der Waals surface area contributed by atoms with Crippen LogP contribution in [0.15, 0.2) is 47.6 Å². The third kappa shape index (κ3) is 4.90. The van der Waals surface area contributed by atoms with Crippen LogP contribution in [-0.2, 0) is 9.59 Å². The number of hydrogen-bond acceptors (Lipinski definition) is 5. The van der Waals surface area contributed by atoms with Crippen molar-refractivity contribution in [3.8, 4) is 11.5 Å². The monoisotopic (exact) mass is 467 g/mol. The number of benzene rings is 2. The Morgan fingerprint density at radius 2 is 1.74 bits per heavy atom. The minimum absolute atomic E-state index is 0.00342. The van der Waals surface area contributed by atoms with Crippen LogP contribution in [0.2, 0.25) is 0 Å². The van der Waals surface area contributed by atoms with E-state index in [1.165, 1.54) is 22.0 Å². The predicted octanol–water partition coefficient (Wildman–Crippen LogP) is 4.17. The summed E-state index contributed by atoms with van der Waals surface area (Å²) in [5.74, 6) is 0.538. The van der Waals surface area contributed by atoms with Gasteiger partial charge in [0.25, 0.3) is 5.91 Å². The van der Waals surface area contributed by atoms with Crippen LogP contribution in [0, 0.1) is 11.7 Å². The van der Waals surface area contributed by atoms with Crippen molar-refractivity contribution in [2.75, 3.05) is 27.8 Å². The first kappa shape index (κ1) is 23.7. The molecular formula is C26H30FN3O4. The van der Waals surface area contributed by atoms with Crippen LogP contribution in [0.5, 0.6) is 11.5 Å². The van der Waals surface area contributed by atoms with E-state index in [1.807, 2.05) is 12.1 Å². The van der Waals surface area contributed by atoms with E-state index >= 15 is 0 Å². The Kier molecular flexibility index (Phi) is 7.14. The van der Waals surface area contributed by atoms with Crippen LogP contribution >= 0.6 is 0 Å². The standard InChI is InChI=1S/C26H30FN3O4/c1-29(26(32)18-6-4-5-7-18)16-25(31)30-22(19-10-13-23(33-2)24(14-19)34-3)15-21(28-30)17-8-11-20(27)12-9-17/h8-14,18,22H,4-7,15-16H2,1-3H3/t22-/m1/s1. The Morgan fingerprint density at radius 3 is 2.38 bits per heavy atom. The minimum Gasteiger partial charge on any atom is -0.493 e. The summed E-state index contributed by atoms with van der Waals surface area (Å²) in [6, 6.07) is 11.2. The highest BCUT2D eigenvalue weighted by molar-refractivity contribution is 6.03. The highest BCUT2D eigenvalue weighted by atomic mass is 19.1. The van der Waals surface area contributed by atoms with Crippen molar-refractivity contribution in [2.24, 2.45) is 11.0 Å². The fourth-order valence-electron chi connectivity index (χ4n) is 4.71. The molecule has 0 saturated heterocycles. The summed E-state index contributed by atoms with van der Waals surface area (Å²) in [7, 11) is 4.80. The van der Waals surface area contributed by atoms with Gasteiger partial charge < -0.3 is 14.4 Å². The number of amides is 2. The van der Waals surface area contributed by atoms with Gasteiger partial charge in [-0.05, 0) is 48.2 Å². The molecule has 2 aromatic carbocycles. The lowest BCUT2D eigenvalue weighted by Gasteiger charge is -2.26. The number of nitrogens with zero attached hydrogens (tertiary/aromatic N) is 3. The van der Waals surface area contributed by atoms with Crippen LogP contribution in [-0.4, -0.2) is 55.2 Å². The molecule has 1 atom stereocenters. The molecule has 4 rings (SSSR count). The largest absolute Gasteiger partial charge is 0.493 e. The maximum absolute atomic E-state index is 13.5. The first-order valence-corrected chi connectivity index (χ1v) is 11.5. The van der Waals surface area contributed by atoms with E-state index in [0.717, 1.165) is 36.8 Å². The number of carbonyl (C=O) groups excluding carboxylic acids is 2. The van der Waals surface area contributed by atoms with Crippen molar-refractivity contribution in [1.29, 1.82) is 0 Å². The Bertz CT molecular complexity index is 1080. The van der Waals surface area contributed by atoms with E-state index in [-0.39, 0.29) is 36.1 Å². The highest BCUT2D eigenvalue weighted by Crippen LogP contribution is 2.37. The van der Waals surface area contributed by atoms with E-state index < -0.39 is 0 Å². The van der Waals surface area contributed by atoms with Gasteiger partial charge in [-0.25, -0.2) is 9.40 Å². The Morgan fingerprint density at radius 1 is 1.06 bits per heavy atom. The number of carbonyl (C=O) groups is 2. The van der Waals surface area contributed by atoms with E-state index in [2.05, 4.69) is 5.10 Å². The van der Waals surface area contributed by atoms with Crippen molar-refractivity contribution in [1.82, 2.24) is 9.91 Å². The van der Waals surface area contributed by atoms with Gasteiger partial charge in [0.15, 0.2) is 11.5 Å². The molecule has 0 radical (unpaired) electrons. The molecule has 0 unspecified atom stereocenters. The maximum atomic E-state index is 13.5. The van der Waals surface area contributed by atoms with Crippen LogP contribution in [0.1, 0.15) is 49.3 Å². The molecule has 180 valence electrons. The van der Waals surface area contributed by atoms with Gasteiger partial charge in [0.1, 0.15) is 12.4 Å². The summed E-state index contributed by atoms with van der Waals surface area (Å²) in [4.78, 5) is 27.7. The van der Waals surface area contributed by atoms with Gasteiger partial charge in [0, 0.05) is 19.4 Å². The van der Waals surface area contributed by atoms with Crippen molar-refractivity contribution in [3.63, 3.8) is 0 Å². The molecule has 8 heteroatoms. The average Bonchev–Trinajstić information content (AvgIpc) is 3.54. The van der Waals surface area contributed by atoms with E-state index in [9.17, 15) is 14.0 Å². The maximum Gasteiger partial charge on any atom is 0.262 e. The smallest absolute Gasteiger partial charge is 0.262 e. The fraction of sp³-hybridized carbons (Fsp3) is 0.423. The summed E-state index contributed by atoms with van der Waals surface area (Å²) < 4.78 is 24.2. The summed E-state index contributed by atoms with van der Waals surface area (Å²) in [6.45, 7) is -0.0562. The zero-order chi connectivity index (χ0) is 24.2. The number of ether oxygens (including phenoxy) is 2. The molecule has 1 aliphatic heterocycles. The SMILES string of the molecule is COc1ccc([C@H]2CC(c3ccc(F)cc3)=NN2C(=O)CN(C)C(=O)C2CCCC2)cc1OC. The van der Waals surface area contributed by atoms with Gasteiger partial charge in [-0.1, -0.05) is 31.0 Å². The molecule has 0 aromatic heterocycles. The van der Waals surface area contributed by atoms with Gasteiger partial charge in [0.2, 0.25) is 5.91 Å². The summed E-state index contributed by atoms with van der Waals surface area (Å²) >= 11 is 0. The molecule has 1 saturated carbocycles. The molecule has 34 heavy (non-hydrogen) atoms. The first-order chi connectivity index (χ1) is 16.4. The van der Waals surface area contributed by atoms with Crippen LogP contribution in [0.4, 0.5) is 4.39 Å². The molecule has 2 aromatic rings. The quantitative estimate of drug-likeness (QED) is 0.613. The van der Waals surface area contributed by atoms with Gasteiger partial charge in [-0.2, -0.15) is 5.10 Å². The van der Waals surface area contributed by atoms with Crippen LogP contribution in [0.25, 0.3) is 0 Å². The zero-order valence-corrected chi connectivity index (χ0v) is 19.8. The molecule has 1 heterocycles. The molecular weight excluding hydrogens is 437 g/mol. The molecule has 0 N–H and O–H groups in total. The zero-order valence-electron chi connectivity index (χ0n) is 19.8. The van der Waals surface area contributed by atoms with Crippen molar-refractivity contribution < 1.29 is 23.5 Å². The van der Waals surface area contributed by atoms with Gasteiger partial charge in [-0.3, -0.25) is 9.59 Å². The lowest BCUT2D eigenvalue weighted by atomic mass is 9.98. The highest BCUT2D eigenvalue weighted by Gasteiger charge is 2.35. The third-order valence-corrected chi connectivity index (χ3v) is 6.59. The van der Waals surface area contributed by atoms with E-state index in [4.69, 9.17) is 9.47 Å². The minimum atomic E-state index is -0.387. The molecule has 2 aliphatic rings. The topological polar surface area (TPSA) is 71.4 Å². The summed E-state index contributed by atoms with van der Waals surface area (Å²) in [5.41, 5.74) is 2.26.